The molecule has 0 radical (unpaired) electrons. The van der Waals surface area contributed by atoms with E-state index in [0.717, 1.165) is 10.6 Å². The summed E-state index contributed by atoms with van der Waals surface area (Å²) in [6, 6.07) is 15.9. The second kappa shape index (κ2) is 8.14. The summed E-state index contributed by atoms with van der Waals surface area (Å²) >= 11 is 0. The molecule has 1 heterocycles. The van der Waals surface area contributed by atoms with Gasteiger partial charge in [-0.25, -0.2) is 0 Å². The molecule has 1 aromatic heterocycles. The number of nitrogens with one attached hydrogen (secondary N) is 1. The number of aromatic nitrogens is 1. The van der Waals surface area contributed by atoms with E-state index in [-0.39, 0.29) is 11.5 Å². The number of amides is 1. The van der Waals surface area contributed by atoms with Crippen LogP contribution in [0.2, 0.25) is 0 Å². The normalized spacial score (nSPS) is 11.1. The van der Waals surface area contributed by atoms with E-state index in [9.17, 15) is 27.6 Å². The number of pyridine rings is 1. The number of carbonyl (C=O) groups excluding carboxylic acids is 2. The summed E-state index contributed by atoms with van der Waals surface area (Å²) in [5, 5.41) is 2.68. The Balaban J connectivity index is 1.71. The molecule has 5 nitrogen and oxygen atoms in total. The minimum atomic E-state index is -4.61. The van der Waals surface area contributed by atoms with Gasteiger partial charge in [0.15, 0.2) is 5.78 Å². The van der Waals surface area contributed by atoms with E-state index in [1.165, 1.54) is 24.3 Å². The van der Waals surface area contributed by atoms with Crippen LogP contribution in [0.5, 0.6) is 0 Å². The first-order valence-electron chi connectivity index (χ1n) is 8.51. The Hall–Kier alpha value is -3.68. The SMILES string of the molecule is O=C(Cn1cc(C(F)(F)F)ccc1=O)c1ccc(NC(=O)c2ccccc2)cc1. The molecule has 2 aromatic carbocycles. The summed E-state index contributed by atoms with van der Waals surface area (Å²) in [6.45, 7) is -0.529. The van der Waals surface area contributed by atoms with Gasteiger partial charge in [-0.3, -0.25) is 14.4 Å². The lowest BCUT2D eigenvalue weighted by atomic mass is 10.1. The van der Waals surface area contributed by atoms with Crippen LogP contribution in [0.3, 0.4) is 0 Å². The summed E-state index contributed by atoms with van der Waals surface area (Å²) in [7, 11) is 0. The highest BCUT2D eigenvalue weighted by atomic mass is 19.4. The summed E-state index contributed by atoms with van der Waals surface area (Å²) in [6.07, 6.45) is -3.99. The summed E-state index contributed by atoms with van der Waals surface area (Å²) in [5.41, 5.74) is -0.600. The van der Waals surface area contributed by atoms with E-state index in [1.807, 2.05) is 0 Å². The molecule has 1 N–H and O–H groups in total. The van der Waals surface area contributed by atoms with Crippen LogP contribution >= 0.6 is 0 Å². The Morgan fingerprint density at radius 3 is 2.14 bits per heavy atom. The van der Waals surface area contributed by atoms with Crippen molar-refractivity contribution in [1.29, 1.82) is 0 Å². The summed E-state index contributed by atoms with van der Waals surface area (Å²) < 4.78 is 39.1. The van der Waals surface area contributed by atoms with Gasteiger partial charge in [-0.15, -0.1) is 0 Å². The smallest absolute Gasteiger partial charge is 0.322 e. The first kappa shape index (κ1) is 20.1. The van der Waals surface area contributed by atoms with Crippen LogP contribution in [0.1, 0.15) is 26.3 Å². The van der Waals surface area contributed by atoms with E-state index >= 15 is 0 Å². The number of ketones is 1. The third-order valence-corrected chi connectivity index (χ3v) is 4.13. The van der Waals surface area contributed by atoms with Gasteiger partial charge in [-0.2, -0.15) is 13.2 Å². The van der Waals surface area contributed by atoms with Crippen LogP contribution in [-0.2, 0) is 12.7 Å². The lowest BCUT2D eigenvalue weighted by molar-refractivity contribution is -0.138. The molecule has 0 atom stereocenters. The van der Waals surface area contributed by atoms with Gasteiger partial charge in [0.2, 0.25) is 0 Å². The number of halogens is 3. The summed E-state index contributed by atoms with van der Waals surface area (Å²) in [4.78, 5) is 36.2. The van der Waals surface area contributed by atoms with Crippen LogP contribution in [0.15, 0.2) is 77.7 Å². The van der Waals surface area contributed by atoms with Gasteiger partial charge in [0.1, 0.15) is 0 Å². The Labute approximate surface area is 163 Å². The predicted molar refractivity (Wildman–Crippen MR) is 101 cm³/mol. The van der Waals surface area contributed by atoms with Gasteiger partial charge in [0.25, 0.3) is 11.5 Å². The van der Waals surface area contributed by atoms with Gasteiger partial charge < -0.3 is 9.88 Å². The zero-order valence-electron chi connectivity index (χ0n) is 14.9. The fourth-order valence-electron chi connectivity index (χ4n) is 2.60. The molecule has 0 bridgehead atoms. The van der Waals surface area contributed by atoms with Gasteiger partial charge in [-0.05, 0) is 42.5 Å². The van der Waals surface area contributed by atoms with Gasteiger partial charge >= 0.3 is 6.18 Å². The average Bonchev–Trinajstić information content (AvgIpc) is 2.70. The zero-order chi connectivity index (χ0) is 21.0. The highest BCUT2D eigenvalue weighted by Gasteiger charge is 2.31. The van der Waals surface area contributed by atoms with Crippen molar-refractivity contribution in [2.75, 3.05) is 5.32 Å². The summed E-state index contributed by atoms with van der Waals surface area (Å²) in [5.74, 6) is -0.854. The molecule has 8 heteroatoms. The molecule has 0 aliphatic heterocycles. The number of alkyl halides is 3. The third-order valence-electron chi connectivity index (χ3n) is 4.13. The maximum absolute atomic E-state index is 12.8. The van der Waals surface area contributed by atoms with E-state index in [4.69, 9.17) is 0 Å². The van der Waals surface area contributed by atoms with Crippen molar-refractivity contribution in [2.45, 2.75) is 12.7 Å². The number of anilines is 1. The fourth-order valence-corrected chi connectivity index (χ4v) is 2.60. The molecule has 0 spiro atoms. The molecule has 0 unspecified atom stereocenters. The van der Waals surface area contributed by atoms with Crippen molar-refractivity contribution >= 4 is 17.4 Å². The first-order chi connectivity index (χ1) is 13.7. The van der Waals surface area contributed by atoms with E-state index in [2.05, 4.69) is 5.32 Å². The Morgan fingerprint density at radius 2 is 1.52 bits per heavy atom. The number of carbonyl (C=O) groups is 2. The molecule has 0 saturated heterocycles. The molecular weight excluding hydrogens is 385 g/mol. The highest BCUT2D eigenvalue weighted by Crippen LogP contribution is 2.28. The topological polar surface area (TPSA) is 68.2 Å². The average molecular weight is 400 g/mol. The Bertz CT molecular complexity index is 1090. The Morgan fingerprint density at radius 1 is 0.862 bits per heavy atom. The quantitative estimate of drug-likeness (QED) is 0.659. The minimum Gasteiger partial charge on any atom is -0.322 e. The molecule has 0 aliphatic carbocycles. The Kier molecular flexibility index (Phi) is 5.63. The molecule has 3 aromatic rings. The van der Waals surface area contributed by atoms with Crippen molar-refractivity contribution in [3.8, 4) is 0 Å². The van der Waals surface area contributed by atoms with Gasteiger partial charge in [0, 0.05) is 29.1 Å². The number of Topliss-reactive ketones (excluding diaryl/α,β-unsaturated/α-hetero) is 1. The zero-order valence-corrected chi connectivity index (χ0v) is 14.9. The van der Waals surface area contributed by atoms with Crippen LogP contribution in [0.4, 0.5) is 18.9 Å². The van der Waals surface area contributed by atoms with E-state index in [0.29, 0.717) is 23.5 Å². The van der Waals surface area contributed by atoms with Crippen molar-refractivity contribution < 1.29 is 22.8 Å². The van der Waals surface area contributed by atoms with Crippen LogP contribution in [0, 0.1) is 0 Å². The number of hydrogen-bond acceptors (Lipinski definition) is 3. The van der Waals surface area contributed by atoms with Crippen molar-refractivity contribution in [3.63, 3.8) is 0 Å². The standard InChI is InChI=1S/C21H15F3N2O3/c22-21(23,24)16-8-11-19(28)26(12-16)13-18(27)14-6-9-17(10-7-14)25-20(29)15-4-2-1-3-5-15/h1-12H,13H2,(H,25,29). The third kappa shape index (κ3) is 4.98. The molecule has 0 saturated carbocycles. The van der Waals surface area contributed by atoms with E-state index < -0.39 is 29.6 Å². The second-order valence-corrected chi connectivity index (χ2v) is 6.20. The maximum Gasteiger partial charge on any atom is 0.417 e. The number of nitrogens with zero attached hydrogens (tertiary/aromatic N) is 1. The first-order valence-corrected chi connectivity index (χ1v) is 8.51. The number of benzene rings is 2. The van der Waals surface area contributed by atoms with Crippen LogP contribution in [0.25, 0.3) is 0 Å². The lowest BCUT2D eigenvalue weighted by Crippen LogP contribution is -2.25. The molecule has 148 valence electrons. The molecule has 0 aliphatic rings. The fraction of sp³-hybridized carbons (Fsp3) is 0.0952. The maximum atomic E-state index is 12.8. The molecule has 3 rings (SSSR count). The predicted octanol–water partition coefficient (Wildman–Crippen LogP) is 4.00. The number of rotatable bonds is 5. The van der Waals surface area contributed by atoms with Crippen LogP contribution < -0.4 is 10.9 Å². The van der Waals surface area contributed by atoms with Crippen LogP contribution in [-0.4, -0.2) is 16.3 Å². The second-order valence-electron chi connectivity index (χ2n) is 6.20. The molecule has 1 amide bonds. The molecular formula is C21H15F3N2O3. The van der Waals surface area contributed by atoms with Crippen molar-refractivity contribution in [2.24, 2.45) is 0 Å². The lowest BCUT2D eigenvalue weighted by Gasteiger charge is -2.10. The largest absolute Gasteiger partial charge is 0.417 e. The van der Waals surface area contributed by atoms with Gasteiger partial charge in [0.05, 0.1) is 12.1 Å². The van der Waals surface area contributed by atoms with Crippen molar-refractivity contribution in [1.82, 2.24) is 4.57 Å². The number of hydrogen-bond donors (Lipinski definition) is 1. The molecule has 29 heavy (non-hydrogen) atoms. The minimum absolute atomic E-state index is 0.201. The highest BCUT2D eigenvalue weighted by molar-refractivity contribution is 6.04. The molecule has 0 fully saturated rings. The van der Waals surface area contributed by atoms with Crippen molar-refractivity contribution in [3.05, 3.63) is 100.0 Å². The van der Waals surface area contributed by atoms with Gasteiger partial charge in [-0.1, -0.05) is 18.2 Å². The monoisotopic (exact) mass is 400 g/mol. The van der Waals surface area contributed by atoms with E-state index in [1.54, 1.807) is 30.3 Å².